The number of carbonyl (C=O) groups is 3. The molecule has 0 rings (SSSR count). The molecule has 0 radical (unpaired) electrons. The summed E-state index contributed by atoms with van der Waals surface area (Å²) in [5, 5.41) is 0. The minimum Gasteiger partial charge on any atom is -0.462 e. The molecule has 1 atom stereocenters. The Morgan fingerprint density at radius 3 is 0.759 bits per heavy atom. The highest BCUT2D eigenvalue weighted by molar-refractivity contribution is 5.71. The van der Waals surface area contributed by atoms with Gasteiger partial charge in [-0.05, 0) is 96.3 Å². The predicted molar refractivity (Wildman–Crippen MR) is 362 cm³/mol. The van der Waals surface area contributed by atoms with Crippen LogP contribution in [0.15, 0.2) is 85.1 Å². The Labute approximate surface area is 515 Å². The van der Waals surface area contributed by atoms with Crippen LogP contribution in [-0.2, 0) is 28.6 Å². The van der Waals surface area contributed by atoms with Gasteiger partial charge in [0.15, 0.2) is 6.10 Å². The Morgan fingerprint density at radius 2 is 0.470 bits per heavy atom. The molecule has 0 aliphatic carbocycles. The monoisotopic (exact) mass is 1160 g/mol. The van der Waals surface area contributed by atoms with Gasteiger partial charge in [-0.15, -0.1) is 0 Å². The normalized spacial score (nSPS) is 12.6. The van der Waals surface area contributed by atoms with E-state index in [1.54, 1.807) is 0 Å². The van der Waals surface area contributed by atoms with Crippen molar-refractivity contribution >= 4 is 17.9 Å². The van der Waals surface area contributed by atoms with Crippen molar-refractivity contribution in [1.82, 2.24) is 0 Å². The summed E-state index contributed by atoms with van der Waals surface area (Å²) in [5.41, 5.74) is 0. The number of unbranched alkanes of at least 4 members (excludes halogenated alkanes) is 41. The van der Waals surface area contributed by atoms with Crippen LogP contribution in [0.3, 0.4) is 0 Å². The van der Waals surface area contributed by atoms with E-state index in [0.29, 0.717) is 19.3 Å². The van der Waals surface area contributed by atoms with E-state index in [0.717, 1.165) is 116 Å². The van der Waals surface area contributed by atoms with E-state index in [1.165, 1.54) is 212 Å². The Hall–Kier alpha value is -3.41. The lowest BCUT2D eigenvalue weighted by atomic mass is 10.0. The first-order valence-corrected chi connectivity index (χ1v) is 36.1. The van der Waals surface area contributed by atoms with Crippen LogP contribution in [0.1, 0.15) is 367 Å². The van der Waals surface area contributed by atoms with E-state index in [9.17, 15) is 14.4 Å². The lowest BCUT2D eigenvalue weighted by Crippen LogP contribution is -2.30. The topological polar surface area (TPSA) is 78.9 Å². The van der Waals surface area contributed by atoms with Crippen LogP contribution >= 0.6 is 0 Å². The molecule has 0 aromatic carbocycles. The molecule has 0 saturated carbocycles. The standard InChI is InChI=1S/C77H136O6/c1-4-7-10-13-16-19-22-25-28-31-34-36-37-38-39-41-43-46-49-52-55-58-61-64-67-70-76(79)82-73-74(72-81-75(78)69-66-63-60-57-54-51-48-45-42-33-30-27-24-21-18-15-12-9-6-3)83-77(80)71-68-65-62-59-56-53-50-47-44-40-35-32-29-26-23-20-17-14-11-8-5-2/h8,11,17-18,20-21,26-27,29-30,35,40,47,50,74H,4-7,9-10,12-16,19,22-25,28,31-34,36-39,41-46,48-49,51-73H2,1-3H3/b11-8-,20-17-,21-18-,29-26-,30-27-,40-35-,50-47-. The second kappa shape index (κ2) is 71.1. The van der Waals surface area contributed by atoms with E-state index in [-0.39, 0.29) is 31.1 Å². The third-order valence-electron chi connectivity index (χ3n) is 15.9. The zero-order chi connectivity index (χ0) is 59.9. The summed E-state index contributed by atoms with van der Waals surface area (Å²) in [6.45, 7) is 6.54. The Kier molecular flexibility index (Phi) is 68.2. The quantitative estimate of drug-likeness (QED) is 0.0261. The lowest BCUT2D eigenvalue weighted by molar-refractivity contribution is -0.167. The SMILES string of the molecule is CC/C=C\C/C=C\C/C=C\C/C=C\C/C=C\CCCCCCCC(=O)OC(COC(=O)CCCCCCCCCCC/C=C\C/C=C\CCCCC)COC(=O)CCCCCCCCCCCCCCCCCCCCCCCCCCC. The molecule has 0 amide bonds. The van der Waals surface area contributed by atoms with Crippen molar-refractivity contribution in [3.63, 3.8) is 0 Å². The van der Waals surface area contributed by atoms with E-state index in [4.69, 9.17) is 14.2 Å². The van der Waals surface area contributed by atoms with E-state index < -0.39 is 6.10 Å². The van der Waals surface area contributed by atoms with Crippen LogP contribution in [-0.4, -0.2) is 37.2 Å². The van der Waals surface area contributed by atoms with Crippen LogP contribution < -0.4 is 0 Å². The second-order valence-corrected chi connectivity index (χ2v) is 24.1. The van der Waals surface area contributed by atoms with Crippen molar-refractivity contribution < 1.29 is 28.6 Å². The smallest absolute Gasteiger partial charge is 0.306 e. The maximum absolute atomic E-state index is 13.0. The first-order chi connectivity index (χ1) is 41.0. The average molecular weight is 1160 g/mol. The molecule has 0 aliphatic heterocycles. The summed E-state index contributed by atoms with van der Waals surface area (Å²) in [4.78, 5) is 38.5. The molecule has 0 aromatic heterocycles. The number of ether oxygens (including phenoxy) is 3. The summed E-state index contributed by atoms with van der Waals surface area (Å²) >= 11 is 0. The predicted octanol–water partition coefficient (Wildman–Crippen LogP) is 25.0. The fourth-order valence-corrected chi connectivity index (χ4v) is 10.5. The number of hydrogen-bond acceptors (Lipinski definition) is 6. The van der Waals surface area contributed by atoms with Gasteiger partial charge in [0.2, 0.25) is 0 Å². The van der Waals surface area contributed by atoms with Crippen molar-refractivity contribution in [2.75, 3.05) is 13.2 Å². The molecular formula is C77H136O6. The molecule has 0 saturated heterocycles. The van der Waals surface area contributed by atoms with Crippen LogP contribution in [0.4, 0.5) is 0 Å². The Bertz CT molecular complexity index is 1570. The van der Waals surface area contributed by atoms with Crippen LogP contribution in [0.25, 0.3) is 0 Å². The van der Waals surface area contributed by atoms with Gasteiger partial charge in [-0.3, -0.25) is 14.4 Å². The highest BCUT2D eigenvalue weighted by atomic mass is 16.6. The maximum atomic E-state index is 13.0. The molecule has 0 heterocycles. The van der Waals surface area contributed by atoms with Gasteiger partial charge in [0, 0.05) is 19.3 Å². The summed E-state index contributed by atoms with van der Waals surface area (Å²) in [6, 6.07) is 0. The Morgan fingerprint density at radius 1 is 0.253 bits per heavy atom. The van der Waals surface area contributed by atoms with Crippen molar-refractivity contribution in [2.45, 2.75) is 374 Å². The van der Waals surface area contributed by atoms with Gasteiger partial charge in [-0.1, -0.05) is 337 Å². The molecule has 1 unspecified atom stereocenters. The van der Waals surface area contributed by atoms with Crippen molar-refractivity contribution in [1.29, 1.82) is 0 Å². The molecule has 0 bridgehead atoms. The molecule has 6 nitrogen and oxygen atoms in total. The van der Waals surface area contributed by atoms with Crippen molar-refractivity contribution in [2.24, 2.45) is 0 Å². The van der Waals surface area contributed by atoms with E-state index >= 15 is 0 Å². The molecule has 0 aromatic rings. The van der Waals surface area contributed by atoms with Crippen LogP contribution in [0.2, 0.25) is 0 Å². The third kappa shape index (κ3) is 69.3. The van der Waals surface area contributed by atoms with E-state index in [1.807, 2.05) is 0 Å². The zero-order valence-corrected chi connectivity index (χ0v) is 55.2. The lowest BCUT2D eigenvalue weighted by Gasteiger charge is -2.18. The summed E-state index contributed by atoms with van der Waals surface area (Å²) in [6.07, 6.45) is 94.7. The van der Waals surface area contributed by atoms with Gasteiger partial charge in [-0.2, -0.15) is 0 Å². The molecule has 0 N–H and O–H groups in total. The summed E-state index contributed by atoms with van der Waals surface area (Å²) < 4.78 is 17.0. The minimum atomic E-state index is -0.791. The number of esters is 3. The van der Waals surface area contributed by atoms with Crippen molar-refractivity contribution in [3.8, 4) is 0 Å². The molecule has 0 spiro atoms. The molecule has 0 fully saturated rings. The van der Waals surface area contributed by atoms with Gasteiger partial charge in [0.05, 0.1) is 0 Å². The van der Waals surface area contributed by atoms with Gasteiger partial charge in [0.25, 0.3) is 0 Å². The molecule has 6 heteroatoms. The van der Waals surface area contributed by atoms with E-state index in [2.05, 4.69) is 106 Å². The fourth-order valence-electron chi connectivity index (χ4n) is 10.5. The minimum absolute atomic E-state index is 0.0827. The molecular weight excluding hydrogens is 1020 g/mol. The second-order valence-electron chi connectivity index (χ2n) is 24.1. The highest BCUT2D eigenvalue weighted by Crippen LogP contribution is 2.18. The van der Waals surface area contributed by atoms with Gasteiger partial charge < -0.3 is 14.2 Å². The zero-order valence-electron chi connectivity index (χ0n) is 55.2. The molecule has 0 aliphatic rings. The number of hydrogen-bond donors (Lipinski definition) is 0. The maximum Gasteiger partial charge on any atom is 0.306 e. The van der Waals surface area contributed by atoms with Crippen LogP contribution in [0.5, 0.6) is 0 Å². The fraction of sp³-hybridized carbons (Fsp3) is 0.779. The van der Waals surface area contributed by atoms with Crippen molar-refractivity contribution in [3.05, 3.63) is 85.1 Å². The summed E-state index contributed by atoms with van der Waals surface area (Å²) in [7, 11) is 0. The first-order valence-electron chi connectivity index (χ1n) is 36.1. The number of carbonyl (C=O) groups excluding carboxylic acids is 3. The summed E-state index contributed by atoms with van der Waals surface area (Å²) in [5.74, 6) is -0.885. The Balaban J connectivity index is 4.36. The van der Waals surface area contributed by atoms with Gasteiger partial charge >= 0.3 is 17.9 Å². The number of allylic oxidation sites excluding steroid dienone is 14. The number of rotatable bonds is 66. The third-order valence-corrected chi connectivity index (χ3v) is 15.9. The molecule has 83 heavy (non-hydrogen) atoms. The van der Waals surface area contributed by atoms with Crippen LogP contribution in [0, 0.1) is 0 Å². The first kappa shape index (κ1) is 79.6. The van der Waals surface area contributed by atoms with Gasteiger partial charge in [-0.25, -0.2) is 0 Å². The highest BCUT2D eigenvalue weighted by Gasteiger charge is 2.19. The largest absolute Gasteiger partial charge is 0.462 e. The molecule has 480 valence electrons. The van der Waals surface area contributed by atoms with Gasteiger partial charge in [0.1, 0.15) is 13.2 Å². The average Bonchev–Trinajstić information content (AvgIpc) is 3.50.